The van der Waals surface area contributed by atoms with E-state index >= 15 is 0 Å². The molecule has 2 aliphatic rings. The van der Waals surface area contributed by atoms with Crippen LogP contribution in [-0.4, -0.2) is 16.6 Å². The molecule has 1 aliphatic heterocycles. The zero-order valence-electron chi connectivity index (χ0n) is 17.5. The standard InChI is InChI=1S/C27H14N2O2S3/c30-25-16-6-1-2-7-17(16)26(31)18(25)12-15-13-22-23(32-15)14-24(34-22)29-19-8-3-4-9-20(19)33-21-10-5-11-28-27(21)29/h1-14H. The van der Waals surface area contributed by atoms with Crippen LogP contribution in [0.25, 0.3) is 15.5 Å². The van der Waals surface area contributed by atoms with E-state index in [1.54, 1.807) is 64.8 Å². The van der Waals surface area contributed by atoms with Crippen molar-refractivity contribution in [2.24, 2.45) is 0 Å². The second kappa shape index (κ2) is 7.50. The van der Waals surface area contributed by atoms with E-state index in [9.17, 15) is 9.59 Å². The Hall–Kier alpha value is -3.52. The molecule has 4 nitrogen and oxygen atoms in total. The number of hydrogen-bond donors (Lipinski definition) is 0. The minimum Gasteiger partial charge on any atom is -0.288 e. The highest BCUT2D eigenvalue weighted by Crippen LogP contribution is 2.53. The van der Waals surface area contributed by atoms with Crippen molar-refractivity contribution in [2.75, 3.05) is 4.90 Å². The van der Waals surface area contributed by atoms with Gasteiger partial charge in [-0.05, 0) is 42.5 Å². The number of Topliss-reactive ketones (excluding diaryl/α,β-unsaturated/α-hetero) is 2. The topological polar surface area (TPSA) is 50.3 Å². The van der Waals surface area contributed by atoms with Crippen LogP contribution in [0.4, 0.5) is 16.5 Å². The van der Waals surface area contributed by atoms with Crippen molar-refractivity contribution in [1.29, 1.82) is 0 Å². The van der Waals surface area contributed by atoms with Gasteiger partial charge in [-0.15, -0.1) is 22.7 Å². The number of hydrogen-bond acceptors (Lipinski definition) is 7. The van der Waals surface area contributed by atoms with Crippen LogP contribution in [0.2, 0.25) is 0 Å². The lowest BCUT2D eigenvalue weighted by atomic mass is 10.1. The number of ketones is 2. The largest absolute Gasteiger partial charge is 0.288 e. The number of anilines is 3. The average Bonchev–Trinajstić information content (AvgIpc) is 3.50. The van der Waals surface area contributed by atoms with Crippen LogP contribution in [0.1, 0.15) is 25.6 Å². The molecule has 0 atom stereocenters. The van der Waals surface area contributed by atoms with E-state index in [4.69, 9.17) is 0 Å². The van der Waals surface area contributed by atoms with Gasteiger partial charge in [0, 0.05) is 36.5 Å². The molecule has 7 rings (SSSR count). The molecule has 0 N–H and O–H groups in total. The van der Waals surface area contributed by atoms with Crippen molar-refractivity contribution >= 4 is 78.0 Å². The first-order valence-electron chi connectivity index (χ1n) is 10.6. The van der Waals surface area contributed by atoms with Gasteiger partial charge in [0.2, 0.25) is 0 Å². The molecule has 7 heteroatoms. The van der Waals surface area contributed by atoms with Crippen molar-refractivity contribution in [1.82, 2.24) is 4.98 Å². The molecule has 1 aliphatic carbocycles. The van der Waals surface area contributed by atoms with E-state index in [1.165, 1.54) is 4.90 Å². The van der Waals surface area contributed by atoms with E-state index in [1.807, 2.05) is 18.3 Å². The summed E-state index contributed by atoms with van der Waals surface area (Å²) in [5.41, 5.74) is 2.35. The fraction of sp³-hybridized carbons (Fsp3) is 0. The van der Waals surface area contributed by atoms with Crippen LogP contribution in [0.15, 0.2) is 94.4 Å². The van der Waals surface area contributed by atoms with Crippen LogP contribution in [0, 0.1) is 0 Å². The number of carbonyl (C=O) groups is 2. The van der Waals surface area contributed by atoms with E-state index in [-0.39, 0.29) is 17.1 Å². The molecule has 3 aromatic heterocycles. The third-order valence-electron chi connectivity index (χ3n) is 5.91. The van der Waals surface area contributed by atoms with Gasteiger partial charge in [-0.3, -0.25) is 14.5 Å². The molecule has 4 heterocycles. The van der Waals surface area contributed by atoms with Gasteiger partial charge in [0.25, 0.3) is 0 Å². The normalized spacial score (nSPS) is 14.4. The molecule has 0 bridgehead atoms. The number of rotatable bonds is 2. The highest BCUT2D eigenvalue weighted by molar-refractivity contribution is 7.99. The molecule has 0 amide bonds. The van der Waals surface area contributed by atoms with Gasteiger partial charge in [-0.2, -0.15) is 0 Å². The summed E-state index contributed by atoms with van der Waals surface area (Å²) >= 11 is 5.02. The Morgan fingerprint density at radius 3 is 2.26 bits per heavy atom. The number of aromatic nitrogens is 1. The Balaban J connectivity index is 1.29. The molecular weight excluding hydrogens is 481 g/mol. The molecule has 34 heavy (non-hydrogen) atoms. The zero-order valence-corrected chi connectivity index (χ0v) is 20.0. The van der Waals surface area contributed by atoms with Crippen molar-refractivity contribution in [3.05, 3.63) is 101 Å². The predicted octanol–water partition coefficient (Wildman–Crippen LogP) is 7.75. The third kappa shape index (κ3) is 2.94. The fourth-order valence-corrected chi connectivity index (χ4v) is 7.77. The fourth-order valence-electron chi connectivity index (χ4n) is 4.38. The lowest BCUT2D eigenvalue weighted by molar-refractivity contribution is 0.0990. The lowest BCUT2D eigenvalue weighted by Gasteiger charge is -2.30. The van der Waals surface area contributed by atoms with Crippen LogP contribution in [-0.2, 0) is 0 Å². The van der Waals surface area contributed by atoms with Crippen LogP contribution < -0.4 is 4.90 Å². The maximum Gasteiger partial charge on any atom is 0.197 e. The molecule has 0 unspecified atom stereocenters. The smallest absolute Gasteiger partial charge is 0.197 e. The molecule has 0 fully saturated rings. The Bertz CT molecular complexity index is 1580. The molecule has 0 saturated heterocycles. The highest BCUT2D eigenvalue weighted by atomic mass is 32.2. The van der Waals surface area contributed by atoms with Gasteiger partial charge >= 0.3 is 0 Å². The highest BCUT2D eigenvalue weighted by Gasteiger charge is 2.33. The van der Waals surface area contributed by atoms with Crippen molar-refractivity contribution in [2.45, 2.75) is 9.79 Å². The van der Waals surface area contributed by atoms with Gasteiger partial charge < -0.3 is 0 Å². The molecule has 0 radical (unpaired) electrons. The van der Waals surface area contributed by atoms with Crippen molar-refractivity contribution in [3.63, 3.8) is 0 Å². The molecule has 0 spiro atoms. The summed E-state index contributed by atoms with van der Waals surface area (Å²) in [7, 11) is 0. The number of pyridine rings is 1. The second-order valence-electron chi connectivity index (χ2n) is 7.95. The number of fused-ring (bicyclic) bond motifs is 4. The van der Waals surface area contributed by atoms with Crippen molar-refractivity contribution < 1.29 is 9.59 Å². The summed E-state index contributed by atoms with van der Waals surface area (Å²) in [6, 6.07) is 23.7. The van der Waals surface area contributed by atoms with Gasteiger partial charge in [-0.1, -0.05) is 48.2 Å². The van der Waals surface area contributed by atoms with Gasteiger partial charge in [0.15, 0.2) is 17.4 Å². The summed E-state index contributed by atoms with van der Waals surface area (Å²) in [6.45, 7) is 0. The van der Waals surface area contributed by atoms with Crippen LogP contribution in [0.5, 0.6) is 0 Å². The third-order valence-corrected chi connectivity index (χ3v) is 9.24. The Morgan fingerprint density at radius 1 is 0.765 bits per heavy atom. The lowest BCUT2D eigenvalue weighted by Crippen LogP contribution is -2.14. The first-order valence-corrected chi connectivity index (χ1v) is 13.1. The average molecular weight is 495 g/mol. The van der Waals surface area contributed by atoms with Gasteiger partial charge in [0.05, 0.1) is 16.2 Å². The molecule has 0 saturated carbocycles. The van der Waals surface area contributed by atoms with Crippen LogP contribution >= 0.6 is 34.4 Å². The van der Waals surface area contributed by atoms with Crippen molar-refractivity contribution in [3.8, 4) is 0 Å². The summed E-state index contributed by atoms with van der Waals surface area (Å²) in [6.07, 6.45) is 3.57. The Labute approximate surface area is 207 Å². The monoisotopic (exact) mass is 494 g/mol. The van der Waals surface area contributed by atoms with E-state index < -0.39 is 0 Å². The number of nitrogens with zero attached hydrogens (tertiary/aromatic N) is 2. The van der Waals surface area contributed by atoms with E-state index in [2.05, 4.69) is 46.3 Å². The number of para-hydroxylation sites is 1. The first kappa shape index (κ1) is 19.9. The number of carbonyl (C=O) groups excluding carboxylic acids is 2. The molecular formula is C27H14N2O2S3. The number of allylic oxidation sites excluding steroid dienone is 1. The first-order chi connectivity index (χ1) is 16.7. The maximum atomic E-state index is 12.8. The quantitative estimate of drug-likeness (QED) is 0.182. The van der Waals surface area contributed by atoms with Crippen LogP contribution in [0.3, 0.4) is 0 Å². The summed E-state index contributed by atoms with van der Waals surface area (Å²) < 4.78 is 2.24. The number of thiophene rings is 2. The summed E-state index contributed by atoms with van der Waals surface area (Å²) in [5.74, 6) is 0.550. The van der Waals surface area contributed by atoms with Gasteiger partial charge in [0.1, 0.15) is 5.00 Å². The minimum absolute atomic E-state index is 0.192. The molecule has 162 valence electrons. The minimum atomic E-state index is -0.192. The zero-order chi connectivity index (χ0) is 22.8. The predicted molar refractivity (Wildman–Crippen MR) is 139 cm³/mol. The van der Waals surface area contributed by atoms with E-state index in [0.29, 0.717) is 11.1 Å². The SMILES string of the molecule is O=C1C(=Cc2cc3sc(N4c5ccccc5Sc5cccnc54)cc3s2)C(=O)c2ccccc21. The second-order valence-corrected chi connectivity index (χ2v) is 11.2. The molecule has 5 aromatic rings. The summed E-state index contributed by atoms with van der Waals surface area (Å²) in [5, 5.41) is 1.09. The molecule has 2 aromatic carbocycles. The van der Waals surface area contributed by atoms with E-state index in [0.717, 1.165) is 35.7 Å². The Kier molecular flexibility index (Phi) is 4.39. The maximum absolute atomic E-state index is 12.8. The van der Waals surface area contributed by atoms with Gasteiger partial charge in [-0.25, -0.2) is 4.98 Å². The Morgan fingerprint density at radius 2 is 1.47 bits per heavy atom. The summed E-state index contributed by atoms with van der Waals surface area (Å²) in [4.78, 5) is 35.7. The number of benzene rings is 2.